The minimum atomic E-state index is -0.341. The van der Waals surface area contributed by atoms with E-state index in [4.69, 9.17) is 9.47 Å². The fourth-order valence-electron chi connectivity index (χ4n) is 4.21. The lowest BCUT2D eigenvalue weighted by atomic mass is 10.0. The molecule has 1 atom stereocenters. The van der Waals surface area contributed by atoms with Crippen LogP contribution in [-0.2, 0) is 4.74 Å². The SMILES string of the molecule is COc1cccc([C@H]2Nc3ccccc3C(=O)N2c2ccc(N3CCOCC3)cc2)c1. The molecule has 0 unspecified atom stereocenters. The van der Waals surface area contributed by atoms with Crippen LogP contribution in [0.25, 0.3) is 0 Å². The maximum absolute atomic E-state index is 13.6. The summed E-state index contributed by atoms with van der Waals surface area (Å²) in [5.41, 5.74) is 4.44. The number of hydrogen-bond acceptors (Lipinski definition) is 5. The van der Waals surface area contributed by atoms with E-state index in [2.05, 4.69) is 22.3 Å². The summed E-state index contributed by atoms with van der Waals surface area (Å²) < 4.78 is 10.9. The monoisotopic (exact) mass is 415 g/mol. The third-order valence-corrected chi connectivity index (χ3v) is 5.84. The highest BCUT2D eigenvalue weighted by Crippen LogP contribution is 2.38. The van der Waals surface area contributed by atoms with Gasteiger partial charge in [0, 0.05) is 30.2 Å². The second-order valence-electron chi connectivity index (χ2n) is 7.66. The number of amides is 1. The van der Waals surface area contributed by atoms with Gasteiger partial charge in [-0.2, -0.15) is 0 Å². The van der Waals surface area contributed by atoms with Gasteiger partial charge in [-0.15, -0.1) is 0 Å². The molecule has 31 heavy (non-hydrogen) atoms. The zero-order valence-electron chi connectivity index (χ0n) is 17.5. The number of methoxy groups -OCH3 is 1. The summed E-state index contributed by atoms with van der Waals surface area (Å²) in [7, 11) is 1.65. The Morgan fingerprint density at radius 3 is 2.45 bits per heavy atom. The summed E-state index contributed by atoms with van der Waals surface area (Å²) in [5.74, 6) is 0.731. The zero-order valence-corrected chi connectivity index (χ0v) is 17.5. The van der Waals surface area contributed by atoms with Gasteiger partial charge in [0.05, 0.1) is 25.9 Å². The number of anilines is 3. The van der Waals surface area contributed by atoms with Crippen molar-refractivity contribution in [2.24, 2.45) is 0 Å². The van der Waals surface area contributed by atoms with E-state index in [0.29, 0.717) is 5.56 Å². The molecule has 158 valence electrons. The van der Waals surface area contributed by atoms with Crippen LogP contribution in [0.5, 0.6) is 5.75 Å². The van der Waals surface area contributed by atoms with Gasteiger partial charge in [0.25, 0.3) is 5.91 Å². The number of rotatable bonds is 4. The molecule has 1 saturated heterocycles. The van der Waals surface area contributed by atoms with Crippen molar-refractivity contribution in [3.05, 3.63) is 83.9 Å². The fraction of sp³-hybridized carbons (Fsp3) is 0.240. The van der Waals surface area contributed by atoms with E-state index in [-0.39, 0.29) is 12.1 Å². The van der Waals surface area contributed by atoms with Crippen LogP contribution < -0.4 is 19.9 Å². The Balaban J connectivity index is 1.53. The summed E-state index contributed by atoms with van der Waals surface area (Å²) in [6.45, 7) is 3.24. The van der Waals surface area contributed by atoms with Crippen LogP contribution in [-0.4, -0.2) is 39.3 Å². The largest absolute Gasteiger partial charge is 0.497 e. The van der Waals surface area contributed by atoms with Crippen molar-refractivity contribution in [1.29, 1.82) is 0 Å². The number of hydrogen-bond donors (Lipinski definition) is 1. The number of benzene rings is 3. The van der Waals surface area contributed by atoms with Gasteiger partial charge in [-0.05, 0) is 54.1 Å². The fourth-order valence-corrected chi connectivity index (χ4v) is 4.21. The summed E-state index contributed by atoms with van der Waals surface area (Å²) in [5, 5.41) is 3.54. The molecule has 0 aliphatic carbocycles. The van der Waals surface area contributed by atoms with E-state index in [1.807, 2.05) is 65.6 Å². The van der Waals surface area contributed by atoms with Crippen molar-refractivity contribution in [2.75, 3.05) is 48.5 Å². The lowest BCUT2D eigenvalue weighted by Gasteiger charge is -2.38. The minimum Gasteiger partial charge on any atom is -0.497 e. The van der Waals surface area contributed by atoms with Crippen LogP contribution in [0.1, 0.15) is 22.1 Å². The number of ether oxygens (including phenoxy) is 2. The Kier molecular flexibility index (Phi) is 5.22. The Bertz CT molecular complexity index is 1080. The maximum atomic E-state index is 13.6. The lowest BCUT2D eigenvalue weighted by Crippen LogP contribution is -2.43. The van der Waals surface area contributed by atoms with Crippen LogP contribution >= 0.6 is 0 Å². The van der Waals surface area contributed by atoms with E-state index in [9.17, 15) is 4.79 Å². The normalized spacial score (nSPS) is 18.4. The summed E-state index contributed by atoms with van der Waals surface area (Å²) in [4.78, 5) is 17.7. The molecule has 1 fully saturated rings. The Morgan fingerprint density at radius 1 is 0.935 bits per heavy atom. The number of nitrogens with one attached hydrogen (secondary N) is 1. The molecule has 6 heteroatoms. The number of carbonyl (C=O) groups is 1. The molecular formula is C25H25N3O3. The molecule has 0 radical (unpaired) electrons. The maximum Gasteiger partial charge on any atom is 0.262 e. The highest BCUT2D eigenvalue weighted by atomic mass is 16.5. The van der Waals surface area contributed by atoms with Gasteiger partial charge in [0.2, 0.25) is 0 Å². The average molecular weight is 415 g/mol. The summed E-state index contributed by atoms with van der Waals surface area (Å²) in [6.07, 6.45) is -0.341. The van der Waals surface area contributed by atoms with E-state index in [1.54, 1.807) is 7.11 Å². The molecule has 2 heterocycles. The van der Waals surface area contributed by atoms with Crippen molar-refractivity contribution < 1.29 is 14.3 Å². The van der Waals surface area contributed by atoms with Gasteiger partial charge in [0.1, 0.15) is 11.9 Å². The van der Waals surface area contributed by atoms with Gasteiger partial charge in [-0.3, -0.25) is 9.69 Å². The second-order valence-corrected chi connectivity index (χ2v) is 7.66. The highest BCUT2D eigenvalue weighted by Gasteiger charge is 2.34. The number of carbonyl (C=O) groups excluding carboxylic acids is 1. The van der Waals surface area contributed by atoms with Gasteiger partial charge in [0.15, 0.2) is 0 Å². The average Bonchev–Trinajstić information content (AvgIpc) is 2.85. The molecule has 2 aliphatic rings. The summed E-state index contributed by atoms with van der Waals surface area (Å²) in [6, 6.07) is 23.7. The van der Waals surface area contributed by atoms with Crippen molar-refractivity contribution in [1.82, 2.24) is 0 Å². The smallest absolute Gasteiger partial charge is 0.262 e. The third kappa shape index (κ3) is 3.70. The minimum absolute atomic E-state index is 0.0266. The standard InChI is InChI=1S/C25H25N3O3/c1-30-21-6-4-5-18(17-21)24-26-23-8-3-2-7-22(23)25(29)28(24)20-11-9-19(10-12-20)27-13-15-31-16-14-27/h2-12,17,24,26H,13-16H2,1H3/t24-/m0/s1. The third-order valence-electron chi connectivity index (χ3n) is 5.84. The van der Waals surface area contributed by atoms with Crippen LogP contribution in [0.15, 0.2) is 72.8 Å². The van der Waals surface area contributed by atoms with Gasteiger partial charge in [-0.1, -0.05) is 24.3 Å². The number of nitrogens with zero attached hydrogens (tertiary/aromatic N) is 2. The van der Waals surface area contributed by atoms with E-state index < -0.39 is 0 Å². The van der Waals surface area contributed by atoms with Crippen molar-refractivity contribution >= 4 is 23.0 Å². The molecule has 1 amide bonds. The molecule has 6 nitrogen and oxygen atoms in total. The first kappa shape index (κ1) is 19.5. The van der Waals surface area contributed by atoms with Crippen molar-refractivity contribution in [3.8, 4) is 5.75 Å². The number of fused-ring (bicyclic) bond motifs is 1. The molecule has 0 bridgehead atoms. The van der Waals surface area contributed by atoms with E-state index in [0.717, 1.165) is 54.7 Å². The first-order chi connectivity index (χ1) is 15.2. The van der Waals surface area contributed by atoms with Crippen LogP contribution in [0.2, 0.25) is 0 Å². The lowest BCUT2D eigenvalue weighted by molar-refractivity contribution is 0.0975. The molecular weight excluding hydrogens is 390 g/mol. The van der Waals surface area contributed by atoms with Crippen LogP contribution in [0.4, 0.5) is 17.1 Å². The van der Waals surface area contributed by atoms with Gasteiger partial charge >= 0.3 is 0 Å². The molecule has 0 saturated carbocycles. The topological polar surface area (TPSA) is 54.0 Å². The Labute approximate surface area is 182 Å². The molecule has 3 aromatic rings. The molecule has 3 aromatic carbocycles. The molecule has 0 spiro atoms. The number of morpholine rings is 1. The van der Waals surface area contributed by atoms with Crippen LogP contribution in [0.3, 0.4) is 0 Å². The van der Waals surface area contributed by atoms with Gasteiger partial charge in [-0.25, -0.2) is 0 Å². The second kappa shape index (κ2) is 8.32. The van der Waals surface area contributed by atoms with Crippen molar-refractivity contribution in [3.63, 3.8) is 0 Å². The van der Waals surface area contributed by atoms with E-state index >= 15 is 0 Å². The number of para-hydroxylation sites is 1. The molecule has 2 aliphatic heterocycles. The van der Waals surface area contributed by atoms with Crippen molar-refractivity contribution in [2.45, 2.75) is 6.17 Å². The van der Waals surface area contributed by atoms with E-state index in [1.165, 1.54) is 0 Å². The highest BCUT2D eigenvalue weighted by molar-refractivity contribution is 6.12. The predicted octanol–water partition coefficient (Wildman–Crippen LogP) is 4.30. The first-order valence-corrected chi connectivity index (χ1v) is 10.5. The molecule has 5 rings (SSSR count). The summed E-state index contributed by atoms with van der Waals surface area (Å²) >= 11 is 0. The van der Waals surface area contributed by atoms with Crippen LogP contribution in [0, 0.1) is 0 Å². The zero-order chi connectivity index (χ0) is 21.2. The first-order valence-electron chi connectivity index (χ1n) is 10.5. The Hall–Kier alpha value is -3.51. The Morgan fingerprint density at radius 2 is 1.68 bits per heavy atom. The quantitative estimate of drug-likeness (QED) is 0.689. The molecule has 0 aromatic heterocycles. The van der Waals surface area contributed by atoms with Gasteiger partial charge < -0.3 is 19.7 Å². The predicted molar refractivity (Wildman–Crippen MR) is 122 cm³/mol. The molecule has 1 N–H and O–H groups in total.